The first-order chi connectivity index (χ1) is 19.0. The van der Waals surface area contributed by atoms with E-state index in [0.29, 0.717) is 26.2 Å². The summed E-state index contributed by atoms with van der Waals surface area (Å²) in [6, 6.07) is 9.05. The molecule has 1 aromatic rings. The van der Waals surface area contributed by atoms with Crippen LogP contribution >= 0.6 is 11.8 Å². The Kier molecular flexibility index (Phi) is 8.82. The largest absolute Gasteiger partial charge is 0.396 e. The topological polar surface area (TPSA) is 81.2 Å². The number of carbonyl (C=O) groups is 3. The number of thioether (sulfide) groups is 1. The van der Waals surface area contributed by atoms with E-state index in [9.17, 15) is 14.4 Å². The number of nitrogens with zero attached hydrogens (tertiary/aromatic N) is 3. The van der Waals surface area contributed by atoms with Crippen molar-refractivity contribution in [1.82, 2.24) is 9.80 Å². The first-order valence-corrected chi connectivity index (χ1v) is 15.5. The van der Waals surface area contributed by atoms with E-state index >= 15 is 0 Å². The Morgan fingerprint density at radius 2 is 1.67 bits per heavy atom. The van der Waals surface area contributed by atoms with E-state index in [-0.39, 0.29) is 29.6 Å². The number of fused-ring (bicyclic) bond motifs is 2. The van der Waals surface area contributed by atoms with Gasteiger partial charge in [0.1, 0.15) is 6.04 Å². The molecular weight excluding hydrogens is 510 g/mol. The van der Waals surface area contributed by atoms with Crippen LogP contribution in [-0.2, 0) is 14.4 Å². The molecule has 4 aliphatic rings. The maximum atomic E-state index is 14.3. The molecule has 0 radical (unpaired) electrons. The zero-order chi connectivity index (χ0) is 27.4. The molecule has 1 N–H and O–H groups in total. The second-order valence-corrected chi connectivity index (χ2v) is 12.6. The van der Waals surface area contributed by atoms with Crippen molar-refractivity contribution in [2.24, 2.45) is 11.8 Å². The third-order valence-electron chi connectivity index (χ3n) is 8.65. The lowest BCUT2D eigenvalue weighted by molar-refractivity contribution is -0.142. The number of hydrogen-bond donors (Lipinski definition) is 1. The van der Waals surface area contributed by atoms with Crippen LogP contribution in [0, 0.1) is 11.8 Å². The van der Waals surface area contributed by atoms with Gasteiger partial charge in [-0.1, -0.05) is 75.1 Å². The summed E-state index contributed by atoms with van der Waals surface area (Å²) in [6.45, 7) is 4.52. The molecule has 8 heteroatoms. The summed E-state index contributed by atoms with van der Waals surface area (Å²) in [7, 11) is 0. The van der Waals surface area contributed by atoms with Crippen molar-refractivity contribution in [3.05, 3.63) is 54.6 Å². The Morgan fingerprint density at radius 1 is 0.897 bits per heavy atom. The van der Waals surface area contributed by atoms with Crippen molar-refractivity contribution < 1.29 is 19.5 Å². The molecule has 4 aliphatic heterocycles. The molecule has 0 aromatic heterocycles. The van der Waals surface area contributed by atoms with Gasteiger partial charge >= 0.3 is 0 Å². The van der Waals surface area contributed by atoms with E-state index in [0.717, 1.165) is 50.6 Å². The van der Waals surface area contributed by atoms with Crippen LogP contribution in [0.25, 0.3) is 0 Å². The Balaban J connectivity index is 1.49. The molecule has 5 rings (SSSR count). The summed E-state index contributed by atoms with van der Waals surface area (Å²) in [5.74, 6) is -1.18. The molecule has 7 nitrogen and oxygen atoms in total. The number of amides is 3. The zero-order valence-electron chi connectivity index (χ0n) is 22.9. The molecule has 3 amide bonds. The van der Waals surface area contributed by atoms with Gasteiger partial charge in [0, 0.05) is 43.7 Å². The number of aliphatic hydroxyl groups excluding tert-OH is 1. The van der Waals surface area contributed by atoms with Gasteiger partial charge < -0.3 is 19.8 Å². The Labute approximate surface area is 236 Å². The number of rotatable bonds is 11. The molecule has 2 saturated heterocycles. The second kappa shape index (κ2) is 12.3. The van der Waals surface area contributed by atoms with Crippen molar-refractivity contribution >= 4 is 35.2 Å². The Morgan fingerprint density at radius 3 is 2.44 bits per heavy atom. The van der Waals surface area contributed by atoms with Gasteiger partial charge in [-0.25, -0.2) is 0 Å². The molecule has 1 spiro atoms. The number of benzene rings is 1. The summed E-state index contributed by atoms with van der Waals surface area (Å²) in [4.78, 5) is 48.3. The summed E-state index contributed by atoms with van der Waals surface area (Å²) in [6.07, 6.45) is 14.7. The van der Waals surface area contributed by atoms with E-state index in [1.807, 2.05) is 46.2 Å². The summed E-state index contributed by atoms with van der Waals surface area (Å²) < 4.78 is -0.756. The molecule has 2 fully saturated rings. The number of likely N-dealkylation sites (tertiary alicyclic amines) is 1. The van der Waals surface area contributed by atoms with Gasteiger partial charge in [0.25, 0.3) is 0 Å². The van der Waals surface area contributed by atoms with Crippen LogP contribution in [-0.4, -0.2) is 81.5 Å². The summed E-state index contributed by atoms with van der Waals surface area (Å²) in [5.41, 5.74) is 0.830. The van der Waals surface area contributed by atoms with Crippen LogP contribution in [0.15, 0.2) is 54.6 Å². The molecule has 0 bridgehead atoms. The van der Waals surface area contributed by atoms with Gasteiger partial charge in [-0.15, -0.1) is 11.8 Å². The predicted octanol–water partition coefficient (Wildman–Crippen LogP) is 4.03. The van der Waals surface area contributed by atoms with Crippen LogP contribution in [0.1, 0.15) is 51.9 Å². The van der Waals surface area contributed by atoms with Crippen LogP contribution < -0.4 is 4.90 Å². The predicted molar refractivity (Wildman–Crippen MR) is 155 cm³/mol. The number of hydrogen-bond acceptors (Lipinski definition) is 5. The monoisotopic (exact) mass is 551 g/mol. The molecule has 1 unspecified atom stereocenters. The van der Waals surface area contributed by atoms with Crippen molar-refractivity contribution in [3.8, 4) is 0 Å². The minimum Gasteiger partial charge on any atom is -0.396 e. The molecule has 0 aliphatic carbocycles. The van der Waals surface area contributed by atoms with Crippen LogP contribution in [0.5, 0.6) is 0 Å². The number of anilines is 1. The lowest BCUT2D eigenvalue weighted by Gasteiger charge is -2.35. The van der Waals surface area contributed by atoms with Gasteiger partial charge in [-0.3, -0.25) is 14.4 Å². The van der Waals surface area contributed by atoms with Crippen molar-refractivity contribution in [2.75, 3.05) is 37.7 Å². The molecule has 4 heterocycles. The molecule has 210 valence electrons. The smallest absolute Gasteiger partial charge is 0.247 e. The fourth-order valence-corrected chi connectivity index (χ4v) is 8.77. The van der Waals surface area contributed by atoms with Gasteiger partial charge in [0.2, 0.25) is 17.7 Å². The minimum atomic E-state index is -0.756. The van der Waals surface area contributed by atoms with Gasteiger partial charge in [0.05, 0.1) is 16.6 Å². The Hall–Kier alpha value is -2.58. The standard InChI is InChI=1S/C31H41N3O4S/c1-2-3-9-18-32-19-13-17-31-26(29(37)34(27(31)30(32)38)20-10-4-5-11-22-35)25-24(39-31)16-12-21-33(28(25)36)23-14-7-6-8-15-23/h6-8,12-17,24-27,35H,2-5,9-11,18-22H2,1H3/t24-,25+,26+,27?,31+/m1/s1. The fourth-order valence-electron chi connectivity index (χ4n) is 6.76. The minimum absolute atomic E-state index is 0.0163. The zero-order valence-corrected chi connectivity index (χ0v) is 23.7. The second-order valence-electron chi connectivity index (χ2n) is 11.1. The molecule has 5 atom stereocenters. The van der Waals surface area contributed by atoms with Crippen molar-refractivity contribution in [1.29, 1.82) is 0 Å². The third kappa shape index (κ3) is 5.18. The van der Waals surface area contributed by atoms with Crippen LogP contribution in [0.3, 0.4) is 0 Å². The first kappa shape index (κ1) is 28.0. The van der Waals surface area contributed by atoms with Crippen LogP contribution in [0.2, 0.25) is 0 Å². The maximum absolute atomic E-state index is 14.3. The lowest BCUT2D eigenvalue weighted by Crippen LogP contribution is -2.53. The Bertz CT molecular complexity index is 1110. The highest BCUT2D eigenvalue weighted by molar-refractivity contribution is 8.02. The average Bonchev–Trinajstić information content (AvgIpc) is 3.25. The van der Waals surface area contributed by atoms with Crippen LogP contribution in [0.4, 0.5) is 5.69 Å². The number of carbonyl (C=O) groups excluding carboxylic acids is 3. The highest BCUT2D eigenvalue weighted by Crippen LogP contribution is 2.61. The van der Waals surface area contributed by atoms with Crippen molar-refractivity contribution in [3.63, 3.8) is 0 Å². The van der Waals surface area contributed by atoms with E-state index < -0.39 is 22.6 Å². The van der Waals surface area contributed by atoms with E-state index in [1.54, 1.807) is 16.7 Å². The van der Waals surface area contributed by atoms with Gasteiger partial charge in [0.15, 0.2) is 0 Å². The first-order valence-electron chi connectivity index (χ1n) is 14.6. The van der Waals surface area contributed by atoms with Crippen molar-refractivity contribution in [2.45, 2.75) is 67.9 Å². The molecular formula is C31H41N3O4S. The third-order valence-corrected chi connectivity index (χ3v) is 10.4. The summed E-state index contributed by atoms with van der Waals surface area (Å²) >= 11 is 1.65. The number of unbranched alkanes of at least 4 members (excludes halogenated alkanes) is 5. The average molecular weight is 552 g/mol. The highest BCUT2D eigenvalue weighted by atomic mass is 32.2. The van der Waals surface area contributed by atoms with Gasteiger partial charge in [-0.2, -0.15) is 0 Å². The highest BCUT2D eigenvalue weighted by Gasteiger charge is 2.70. The normalized spacial score (nSPS) is 29.9. The number of para-hydroxylation sites is 1. The summed E-state index contributed by atoms with van der Waals surface area (Å²) in [5, 5.41) is 9.01. The lowest BCUT2D eigenvalue weighted by atomic mass is 9.78. The molecule has 1 aromatic carbocycles. The molecule has 0 saturated carbocycles. The fraction of sp³-hybridized carbons (Fsp3) is 0.581. The molecule has 39 heavy (non-hydrogen) atoms. The maximum Gasteiger partial charge on any atom is 0.247 e. The van der Waals surface area contributed by atoms with E-state index in [2.05, 4.69) is 25.2 Å². The van der Waals surface area contributed by atoms with E-state index in [1.165, 1.54) is 0 Å². The quantitative estimate of drug-likeness (QED) is 0.332. The van der Waals surface area contributed by atoms with E-state index in [4.69, 9.17) is 5.11 Å². The number of aliphatic hydroxyl groups is 1. The SMILES string of the molecule is CCCCCN1CC=C[C@]23S[C@@H]4C=CCN(c5ccccc5)C(=O)[C@@H]4[C@H]2C(=O)N(CCCCCCO)C3C1=O. The van der Waals surface area contributed by atoms with Gasteiger partial charge in [-0.05, 0) is 31.4 Å².